The lowest BCUT2D eigenvalue weighted by atomic mass is 9.42. The highest BCUT2D eigenvalue weighted by Crippen LogP contribution is 2.12. The van der Waals surface area contributed by atoms with Gasteiger partial charge < -0.3 is 0 Å². The van der Waals surface area contributed by atoms with Gasteiger partial charge in [-0.25, -0.2) is 0 Å². The Morgan fingerprint density at radius 3 is 2.19 bits per heavy atom. The van der Waals surface area contributed by atoms with Crippen LogP contribution in [0.2, 0.25) is 19.0 Å². The summed E-state index contributed by atoms with van der Waals surface area (Å²) in [7, 11) is 0. The minimum atomic E-state index is 0.884. The molecule has 1 rings (SSSR count). The van der Waals surface area contributed by atoms with E-state index in [4.69, 9.17) is 0 Å². The molecule has 0 bridgehead atoms. The summed E-state index contributed by atoms with van der Waals surface area (Å²) in [6.07, 6.45) is 11.2. The third kappa shape index (κ3) is 5.20. The maximum Gasteiger partial charge on any atom is 0.143 e. The molecule has 0 radical (unpaired) electrons. The van der Waals surface area contributed by atoms with Crippen LogP contribution in [0.25, 0.3) is 6.08 Å². The van der Waals surface area contributed by atoms with Crippen LogP contribution < -0.4 is 0 Å². The SMILES string of the molecule is CCCB(C/C=C/c1ccccc1)CCC. The van der Waals surface area contributed by atoms with Crippen molar-refractivity contribution in [3.63, 3.8) is 0 Å². The van der Waals surface area contributed by atoms with E-state index in [0.29, 0.717) is 0 Å². The molecule has 0 aliphatic heterocycles. The average Bonchev–Trinajstić information content (AvgIpc) is 2.31. The molecule has 0 unspecified atom stereocenters. The van der Waals surface area contributed by atoms with Crippen molar-refractivity contribution in [2.24, 2.45) is 0 Å². The van der Waals surface area contributed by atoms with Crippen molar-refractivity contribution in [2.45, 2.75) is 45.6 Å². The van der Waals surface area contributed by atoms with E-state index in [0.717, 1.165) is 6.71 Å². The quantitative estimate of drug-likeness (QED) is 0.559. The van der Waals surface area contributed by atoms with E-state index in [1.165, 1.54) is 37.4 Å². The summed E-state index contributed by atoms with van der Waals surface area (Å²) in [5.74, 6) is 0. The number of hydrogen-bond donors (Lipinski definition) is 0. The number of rotatable bonds is 7. The van der Waals surface area contributed by atoms with Gasteiger partial charge in [-0.1, -0.05) is 88.1 Å². The predicted molar refractivity (Wildman–Crippen MR) is 76.2 cm³/mol. The Labute approximate surface area is 101 Å². The van der Waals surface area contributed by atoms with Crippen LogP contribution >= 0.6 is 0 Å². The molecule has 86 valence electrons. The summed E-state index contributed by atoms with van der Waals surface area (Å²) >= 11 is 0. The van der Waals surface area contributed by atoms with Gasteiger partial charge in [0.15, 0.2) is 0 Å². The number of hydrogen-bond acceptors (Lipinski definition) is 0. The summed E-state index contributed by atoms with van der Waals surface area (Å²) < 4.78 is 0. The van der Waals surface area contributed by atoms with Crippen LogP contribution in [0.5, 0.6) is 0 Å². The molecule has 0 aliphatic carbocycles. The van der Waals surface area contributed by atoms with Crippen LogP contribution in [0.15, 0.2) is 36.4 Å². The van der Waals surface area contributed by atoms with Gasteiger partial charge in [0.1, 0.15) is 6.71 Å². The van der Waals surface area contributed by atoms with E-state index >= 15 is 0 Å². The molecular weight excluding hydrogens is 191 g/mol. The van der Waals surface area contributed by atoms with Crippen LogP contribution in [0.4, 0.5) is 0 Å². The van der Waals surface area contributed by atoms with Crippen molar-refractivity contribution in [1.82, 2.24) is 0 Å². The van der Waals surface area contributed by atoms with E-state index in [9.17, 15) is 0 Å². The molecule has 0 amide bonds. The zero-order chi connectivity index (χ0) is 11.6. The van der Waals surface area contributed by atoms with Gasteiger partial charge in [-0.2, -0.15) is 0 Å². The molecular formula is C15H23B. The topological polar surface area (TPSA) is 0 Å². The van der Waals surface area contributed by atoms with E-state index in [2.05, 4.69) is 56.3 Å². The fourth-order valence-corrected chi connectivity index (χ4v) is 2.16. The fourth-order valence-electron chi connectivity index (χ4n) is 2.16. The van der Waals surface area contributed by atoms with Gasteiger partial charge in [-0.15, -0.1) is 0 Å². The van der Waals surface area contributed by atoms with E-state index in [1.54, 1.807) is 0 Å². The summed E-state index contributed by atoms with van der Waals surface area (Å²) in [4.78, 5) is 0. The first kappa shape index (κ1) is 13.1. The summed E-state index contributed by atoms with van der Waals surface area (Å²) in [6.45, 7) is 5.45. The largest absolute Gasteiger partial charge is 0.143 e. The second-order valence-corrected chi connectivity index (χ2v) is 4.49. The van der Waals surface area contributed by atoms with Crippen LogP contribution in [-0.4, -0.2) is 6.71 Å². The van der Waals surface area contributed by atoms with Crippen molar-refractivity contribution < 1.29 is 0 Å². The molecule has 0 atom stereocenters. The Balaban J connectivity index is 2.39. The monoisotopic (exact) mass is 214 g/mol. The molecule has 0 spiro atoms. The first-order valence-corrected chi connectivity index (χ1v) is 6.58. The molecule has 0 saturated heterocycles. The Morgan fingerprint density at radius 1 is 1.00 bits per heavy atom. The first-order chi connectivity index (χ1) is 7.86. The predicted octanol–water partition coefficient (Wildman–Crippen LogP) is 5.01. The van der Waals surface area contributed by atoms with Gasteiger partial charge in [0.05, 0.1) is 0 Å². The standard InChI is InChI=1S/C15H23B/c1-3-12-16(13-4-2)14-8-11-15-9-6-5-7-10-15/h5-11H,3-4,12-14H2,1-2H3/b11-8+. The van der Waals surface area contributed by atoms with Crippen molar-refractivity contribution in [3.05, 3.63) is 42.0 Å². The molecule has 0 N–H and O–H groups in total. The van der Waals surface area contributed by atoms with Crippen molar-refractivity contribution in [3.8, 4) is 0 Å². The minimum absolute atomic E-state index is 0.884. The molecule has 1 heteroatoms. The lowest BCUT2D eigenvalue weighted by molar-refractivity contribution is 0.999. The van der Waals surface area contributed by atoms with Crippen molar-refractivity contribution in [2.75, 3.05) is 0 Å². The highest BCUT2D eigenvalue weighted by molar-refractivity contribution is 6.59. The minimum Gasteiger partial charge on any atom is -0.0911 e. The number of allylic oxidation sites excluding steroid dienone is 1. The highest BCUT2D eigenvalue weighted by atomic mass is 13.9. The second-order valence-electron chi connectivity index (χ2n) is 4.49. The molecule has 1 aromatic carbocycles. The zero-order valence-electron chi connectivity index (χ0n) is 10.7. The molecule has 0 aliphatic rings. The van der Waals surface area contributed by atoms with E-state index in [-0.39, 0.29) is 0 Å². The van der Waals surface area contributed by atoms with Gasteiger partial charge in [-0.3, -0.25) is 0 Å². The Hall–Kier alpha value is -0.975. The van der Waals surface area contributed by atoms with Crippen LogP contribution in [0, 0.1) is 0 Å². The van der Waals surface area contributed by atoms with Crippen LogP contribution in [0.1, 0.15) is 32.3 Å². The third-order valence-corrected chi connectivity index (χ3v) is 2.97. The molecule has 1 aromatic rings. The summed E-state index contributed by atoms with van der Waals surface area (Å²) in [5, 5.41) is 0. The summed E-state index contributed by atoms with van der Waals surface area (Å²) in [6, 6.07) is 10.6. The molecule has 0 saturated carbocycles. The van der Waals surface area contributed by atoms with Gasteiger partial charge >= 0.3 is 0 Å². The Morgan fingerprint density at radius 2 is 1.62 bits per heavy atom. The maximum absolute atomic E-state index is 2.34. The van der Waals surface area contributed by atoms with E-state index < -0.39 is 0 Å². The first-order valence-electron chi connectivity index (χ1n) is 6.58. The highest BCUT2D eigenvalue weighted by Gasteiger charge is 2.08. The van der Waals surface area contributed by atoms with Gasteiger partial charge in [0, 0.05) is 0 Å². The fraction of sp³-hybridized carbons (Fsp3) is 0.467. The average molecular weight is 214 g/mol. The number of benzene rings is 1. The smallest absolute Gasteiger partial charge is 0.0911 e. The van der Waals surface area contributed by atoms with Crippen molar-refractivity contribution in [1.29, 1.82) is 0 Å². The Bertz CT molecular complexity index is 284. The summed E-state index contributed by atoms with van der Waals surface area (Å²) in [5.41, 5.74) is 1.31. The van der Waals surface area contributed by atoms with Crippen LogP contribution in [0.3, 0.4) is 0 Å². The lowest BCUT2D eigenvalue weighted by Crippen LogP contribution is -2.09. The molecule has 0 nitrogen and oxygen atoms in total. The van der Waals surface area contributed by atoms with Crippen molar-refractivity contribution >= 4 is 12.8 Å². The maximum atomic E-state index is 2.34. The lowest BCUT2D eigenvalue weighted by Gasteiger charge is -2.07. The van der Waals surface area contributed by atoms with E-state index in [1.807, 2.05) is 0 Å². The molecule has 0 heterocycles. The zero-order valence-corrected chi connectivity index (χ0v) is 10.7. The second kappa shape index (κ2) is 8.21. The Kier molecular flexibility index (Phi) is 6.72. The normalized spacial score (nSPS) is 10.9. The van der Waals surface area contributed by atoms with Crippen LogP contribution in [-0.2, 0) is 0 Å². The van der Waals surface area contributed by atoms with Gasteiger partial charge in [0.2, 0.25) is 0 Å². The molecule has 0 fully saturated rings. The molecule has 0 aromatic heterocycles. The van der Waals surface area contributed by atoms with Gasteiger partial charge in [-0.05, 0) is 5.56 Å². The third-order valence-electron chi connectivity index (χ3n) is 2.97. The van der Waals surface area contributed by atoms with Gasteiger partial charge in [0.25, 0.3) is 0 Å². The molecule has 16 heavy (non-hydrogen) atoms.